The van der Waals surface area contributed by atoms with Crippen LogP contribution >= 0.6 is 0 Å². The maximum atomic E-state index is 12.8. The van der Waals surface area contributed by atoms with E-state index in [2.05, 4.69) is 10.2 Å². The molecule has 0 aromatic carbocycles. The smallest absolute Gasteiger partial charge is 0.274 e. The number of hydrogen-bond donors (Lipinski definition) is 0. The Hall–Kier alpha value is -1.69. The Labute approximate surface area is 144 Å². The van der Waals surface area contributed by atoms with Gasteiger partial charge in [-0.2, -0.15) is 0 Å². The fraction of sp³-hybridized carbons (Fsp3) is 0.722. The van der Waals surface area contributed by atoms with E-state index < -0.39 is 0 Å². The Kier molecular flexibility index (Phi) is 4.76. The maximum absolute atomic E-state index is 12.8. The molecule has 6 heteroatoms. The normalized spacial score (nSPS) is 24.7. The van der Waals surface area contributed by atoms with Crippen molar-refractivity contribution >= 4 is 11.7 Å². The molecule has 1 aromatic rings. The molecule has 0 bridgehead atoms. The molecule has 2 aliphatic rings. The highest BCUT2D eigenvalue weighted by Crippen LogP contribution is 2.56. The van der Waals surface area contributed by atoms with Gasteiger partial charge in [-0.05, 0) is 38.3 Å². The molecule has 0 N–H and O–H groups in total. The number of amides is 1. The second kappa shape index (κ2) is 6.67. The van der Waals surface area contributed by atoms with E-state index >= 15 is 0 Å². The molecular weight excluding hydrogens is 304 g/mol. The van der Waals surface area contributed by atoms with Crippen molar-refractivity contribution in [2.45, 2.75) is 51.2 Å². The first-order valence-electron chi connectivity index (χ1n) is 8.89. The fourth-order valence-electron chi connectivity index (χ4n) is 4.39. The third kappa shape index (κ3) is 2.77. The lowest BCUT2D eigenvalue weighted by atomic mass is 9.60. The molecule has 0 unspecified atom stereocenters. The summed E-state index contributed by atoms with van der Waals surface area (Å²) in [6.45, 7) is 2.79. The third-order valence-electron chi connectivity index (χ3n) is 5.76. The highest BCUT2D eigenvalue weighted by molar-refractivity contribution is 5.92. The predicted molar refractivity (Wildman–Crippen MR) is 93.2 cm³/mol. The summed E-state index contributed by atoms with van der Waals surface area (Å²) in [5.74, 6) is 0.709. The molecule has 2 saturated carbocycles. The summed E-state index contributed by atoms with van der Waals surface area (Å²) in [4.78, 5) is 16.6. The van der Waals surface area contributed by atoms with Crippen LogP contribution in [0.4, 0.5) is 5.82 Å². The standard InChI is InChI=1S/C18H28N4O2/c1-5-24-15-12-14(18(15)10-6-7-11-18)22(4)17(23)13-8-9-16(20-19-13)21(2)3/h8-9,14-15H,5-7,10-12H2,1-4H3/t14-,15-/m1/s1. The first kappa shape index (κ1) is 17.1. The fourth-order valence-corrected chi connectivity index (χ4v) is 4.39. The molecule has 0 aliphatic heterocycles. The van der Waals surface area contributed by atoms with Gasteiger partial charge in [0.25, 0.3) is 5.91 Å². The third-order valence-corrected chi connectivity index (χ3v) is 5.76. The Morgan fingerprint density at radius 3 is 2.50 bits per heavy atom. The lowest BCUT2D eigenvalue weighted by Crippen LogP contribution is -2.64. The van der Waals surface area contributed by atoms with E-state index in [1.807, 2.05) is 43.9 Å². The summed E-state index contributed by atoms with van der Waals surface area (Å²) >= 11 is 0. The van der Waals surface area contributed by atoms with Crippen LogP contribution in [-0.4, -0.2) is 60.9 Å². The maximum Gasteiger partial charge on any atom is 0.274 e. The van der Waals surface area contributed by atoms with Gasteiger partial charge in [0.2, 0.25) is 0 Å². The predicted octanol–water partition coefficient (Wildman–Crippen LogP) is 2.35. The van der Waals surface area contributed by atoms with Gasteiger partial charge in [0, 0.05) is 39.2 Å². The molecule has 0 radical (unpaired) electrons. The molecule has 1 heterocycles. The van der Waals surface area contributed by atoms with Crippen molar-refractivity contribution in [3.05, 3.63) is 17.8 Å². The highest BCUT2D eigenvalue weighted by Gasteiger charge is 2.58. The van der Waals surface area contributed by atoms with Crippen LogP contribution in [0.25, 0.3) is 0 Å². The van der Waals surface area contributed by atoms with Gasteiger partial charge in [0.1, 0.15) is 0 Å². The molecular formula is C18H28N4O2. The summed E-state index contributed by atoms with van der Waals surface area (Å²) in [5, 5.41) is 8.24. The second-order valence-electron chi connectivity index (χ2n) is 7.22. The van der Waals surface area contributed by atoms with E-state index in [0.717, 1.165) is 31.7 Å². The van der Waals surface area contributed by atoms with Crippen molar-refractivity contribution in [1.82, 2.24) is 15.1 Å². The van der Waals surface area contributed by atoms with Crippen molar-refractivity contribution in [3.8, 4) is 0 Å². The van der Waals surface area contributed by atoms with Gasteiger partial charge in [-0.3, -0.25) is 4.79 Å². The monoisotopic (exact) mass is 332 g/mol. The zero-order valence-corrected chi connectivity index (χ0v) is 15.2. The van der Waals surface area contributed by atoms with Crippen LogP contribution in [0.1, 0.15) is 49.5 Å². The summed E-state index contributed by atoms with van der Waals surface area (Å²) in [5.41, 5.74) is 0.563. The molecule has 2 aliphatic carbocycles. The minimum absolute atomic E-state index is 0.0426. The van der Waals surface area contributed by atoms with Crippen LogP contribution in [0.3, 0.4) is 0 Å². The minimum atomic E-state index is -0.0426. The van der Waals surface area contributed by atoms with Gasteiger partial charge >= 0.3 is 0 Å². The molecule has 6 nitrogen and oxygen atoms in total. The number of anilines is 1. The SMILES string of the molecule is CCO[C@@H]1C[C@@H](N(C)C(=O)c2ccc(N(C)C)nn2)C12CCCC2. The van der Waals surface area contributed by atoms with E-state index in [0.29, 0.717) is 11.8 Å². The van der Waals surface area contributed by atoms with Crippen LogP contribution in [0.2, 0.25) is 0 Å². The number of aromatic nitrogens is 2. The summed E-state index contributed by atoms with van der Waals surface area (Å²) in [6, 6.07) is 3.85. The Bertz CT molecular complexity index is 581. The Balaban J connectivity index is 1.73. The van der Waals surface area contributed by atoms with Crippen molar-refractivity contribution in [1.29, 1.82) is 0 Å². The average molecular weight is 332 g/mol. The highest BCUT2D eigenvalue weighted by atomic mass is 16.5. The molecule has 2 fully saturated rings. The summed E-state index contributed by atoms with van der Waals surface area (Å²) in [7, 11) is 5.71. The zero-order chi connectivity index (χ0) is 17.3. The number of ether oxygens (including phenoxy) is 1. The second-order valence-corrected chi connectivity index (χ2v) is 7.22. The number of nitrogens with zero attached hydrogens (tertiary/aromatic N) is 4. The topological polar surface area (TPSA) is 58.6 Å². The van der Waals surface area contributed by atoms with Gasteiger partial charge in [-0.15, -0.1) is 10.2 Å². The van der Waals surface area contributed by atoms with Gasteiger partial charge < -0.3 is 14.5 Å². The number of carbonyl (C=O) groups excluding carboxylic acids is 1. The van der Waals surface area contributed by atoms with Crippen molar-refractivity contribution < 1.29 is 9.53 Å². The van der Waals surface area contributed by atoms with Gasteiger partial charge in [-0.1, -0.05) is 12.8 Å². The molecule has 0 saturated heterocycles. The molecule has 24 heavy (non-hydrogen) atoms. The van der Waals surface area contributed by atoms with Crippen molar-refractivity contribution in [3.63, 3.8) is 0 Å². The average Bonchev–Trinajstić information content (AvgIpc) is 3.10. The largest absolute Gasteiger partial charge is 0.378 e. The van der Waals surface area contributed by atoms with Gasteiger partial charge in [-0.25, -0.2) is 0 Å². The van der Waals surface area contributed by atoms with Crippen LogP contribution in [0.15, 0.2) is 12.1 Å². The first-order chi connectivity index (χ1) is 11.5. The zero-order valence-electron chi connectivity index (χ0n) is 15.2. The molecule has 132 valence electrons. The molecule has 1 amide bonds. The lowest BCUT2D eigenvalue weighted by molar-refractivity contribution is -0.152. The van der Waals surface area contributed by atoms with E-state index in [9.17, 15) is 4.79 Å². The molecule has 1 spiro atoms. The number of hydrogen-bond acceptors (Lipinski definition) is 5. The van der Waals surface area contributed by atoms with Crippen LogP contribution in [-0.2, 0) is 4.74 Å². The van der Waals surface area contributed by atoms with E-state index in [-0.39, 0.29) is 17.4 Å². The molecule has 1 aromatic heterocycles. The summed E-state index contributed by atoms with van der Waals surface area (Å²) < 4.78 is 5.95. The molecule has 2 atom stereocenters. The van der Waals surface area contributed by atoms with Crippen molar-refractivity contribution in [2.24, 2.45) is 5.41 Å². The summed E-state index contributed by atoms with van der Waals surface area (Å²) in [6.07, 6.45) is 6.02. The number of rotatable bonds is 5. The first-order valence-corrected chi connectivity index (χ1v) is 8.89. The van der Waals surface area contributed by atoms with Gasteiger partial charge in [0.15, 0.2) is 11.5 Å². The van der Waals surface area contributed by atoms with Gasteiger partial charge in [0.05, 0.1) is 6.10 Å². The van der Waals surface area contributed by atoms with E-state index in [4.69, 9.17) is 4.74 Å². The molecule has 3 rings (SSSR count). The minimum Gasteiger partial charge on any atom is -0.378 e. The van der Waals surface area contributed by atoms with Crippen molar-refractivity contribution in [2.75, 3.05) is 32.6 Å². The lowest BCUT2D eigenvalue weighted by Gasteiger charge is -2.56. The van der Waals surface area contributed by atoms with Crippen LogP contribution in [0.5, 0.6) is 0 Å². The quantitative estimate of drug-likeness (QED) is 0.828. The van der Waals surface area contributed by atoms with E-state index in [1.54, 1.807) is 6.07 Å². The van der Waals surface area contributed by atoms with E-state index in [1.165, 1.54) is 12.8 Å². The Morgan fingerprint density at radius 1 is 1.25 bits per heavy atom. The van der Waals surface area contributed by atoms with Crippen LogP contribution < -0.4 is 4.90 Å². The Morgan fingerprint density at radius 2 is 1.96 bits per heavy atom. The van der Waals surface area contributed by atoms with Crippen LogP contribution in [0, 0.1) is 5.41 Å². The number of carbonyl (C=O) groups is 1.